The van der Waals surface area contributed by atoms with Gasteiger partial charge in [0.15, 0.2) is 0 Å². The SMILES string of the molecule is Cc1nc([C@@H]2CN(Cc3csc(C)n3)CCO2)cc(=O)[nH]1. The average Bonchev–Trinajstić information content (AvgIpc) is 2.83. The third kappa shape index (κ3) is 3.55. The molecule has 112 valence electrons. The van der Waals surface area contributed by atoms with E-state index in [-0.39, 0.29) is 11.7 Å². The number of nitrogens with one attached hydrogen (secondary N) is 1. The van der Waals surface area contributed by atoms with Crippen molar-refractivity contribution in [3.63, 3.8) is 0 Å². The Labute approximate surface area is 126 Å². The molecule has 1 saturated heterocycles. The van der Waals surface area contributed by atoms with Crippen LogP contribution in [0.5, 0.6) is 0 Å². The van der Waals surface area contributed by atoms with Crippen LogP contribution in [0.3, 0.4) is 0 Å². The summed E-state index contributed by atoms with van der Waals surface area (Å²) < 4.78 is 5.77. The van der Waals surface area contributed by atoms with Gasteiger partial charge in [-0.3, -0.25) is 9.69 Å². The molecule has 6 nitrogen and oxygen atoms in total. The van der Waals surface area contributed by atoms with Crippen LogP contribution in [0.2, 0.25) is 0 Å². The maximum atomic E-state index is 11.6. The van der Waals surface area contributed by atoms with Crippen LogP contribution in [0.15, 0.2) is 16.2 Å². The Morgan fingerprint density at radius 2 is 2.33 bits per heavy atom. The van der Waals surface area contributed by atoms with Crippen molar-refractivity contribution in [1.82, 2.24) is 19.9 Å². The standard InChI is InChI=1S/C14H18N4O2S/c1-9-15-12(5-14(19)16-9)13-7-18(3-4-20-13)6-11-8-21-10(2)17-11/h5,8,13H,3-4,6-7H2,1-2H3,(H,15,16,19)/t13-/m0/s1. The van der Waals surface area contributed by atoms with Crippen LogP contribution in [-0.4, -0.2) is 39.5 Å². The summed E-state index contributed by atoms with van der Waals surface area (Å²) in [5.41, 5.74) is 1.66. The van der Waals surface area contributed by atoms with Gasteiger partial charge in [0, 0.05) is 31.1 Å². The topological polar surface area (TPSA) is 71.1 Å². The number of rotatable bonds is 3. The lowest BCUT2D eigenvalue weighted by Crippen LogP contribution is -2.38. The second kappa shape index (κ2) is 6.05. The Bertz CT molecular complexity index is 682. The van der Waals surface area contributed by atoms with E-state index >= 15 is 0 Å². The second-order valence-electron chi connectivity index (χ2n) is 5.21. The molecule has 3 heterocycles. The minimum absolute atomic E-state index is 0.131. The molecule has 0 radical (unpaired) electrons. The van der Waals surface area contributed by atoms with Crippen molar-refractivity contribution in [2.24, 2.45) is 0 Å². The maximum absolute atomic E-state index is 11.6. The van der Waals surface area contributed by atoms with Crippen LogP contribution < -0.4 is 5.56 Å². The highest BCUT2D eigenvalue weighted by atomic mass is 32.1. The fourth-order valence-electron chi connectivity index (χ4n) is 2.50. The Morgan fingerprint density at radius 1 is 1.48 bits per heavy atom. The van der Waals surface area contributed by atoms with E-state index in [0.717, 1.165) is 30.3 Å². The van der Waals surface area contributed by atoms with Crippen LogP contribution in [0.25, 0.3) is 0 Å². The minimum Gasteiger partial charge on any atom is -0.369 e. The van der Waals surface area contributed by atoms with E-state index in [1.54, 1.807) is 18.3 Å². The predicted molar refractivity (Wildman–Crippen MR) is 80.4 cm³/mol. The van der Waals surface area contributed by atoms with Gasteiger partial charge in [-0.25, -0.2) is 9.97 Å². The molecule has 1 aliphatic heterocycles. The summed E-state index contributed by atoms with van der Waals surface area (Å²) in [6.45, 7) is 6.85. The molecule has 0 aromatic carbocycles. The number of aryl methyl sites for hydroxylation is 2. The van der Waals surface area contributed by atoms with Crippen molar-refractivity contribution >= 4 is 11.3 Å². The van der Waals surface area contributed by atoms with Gasteiger partial charge in [-0.15, -0.1) is 11.3 Å². The Kier molecular flexibility index (Phi) is 4.14. The van der Waals surface area contributed by atoms with Gasteiger partial charge in [0.25, 0.3) is 5.56 Å². The largest absolute Gasteiger partial charge is 0.369 e. The summed E-state index contributed by atoms with van der Waals surface area (Å²) in [5.74, 6) is 0.619. The molecule has 1 fully saturated rings. The Balaban J connectivity index is 1.71. The van der Waals surface area contributed by atoms with Crippen molar-refractivity contribution < 1.29 is 4.74 Å². The molecule has 0 spiro atoms. The van der Waals surface area contributed by atoms with Crippen molar-refractivity contribution in [2.75, 3.05) is 19.7 Å². The van der Waals surface area contributed by atoms with E-state index in [0.29, 0.717) is 18.1 Å². The molecular formula is C14H18N4O2S. The smallest absolute Gasteiger partial charge is 0.251 e. The third-order valence-electron chi connectivity index (χ3n) is 3.41. The molecular weight excluding hydrogens is 288 g/mol. The zero-order chi connectivity index (χ0) is 14.8. The third-order valence-corrected chi connectivity index (χ3v) is 4.23. The van der Waals surface area contributed by atoms with Crippen molar-refractivity contribution in [2.45, 2.75) is 26.5 Å². The summed E-state index contributed by atoms with van der Waals surface area (Å²) >= 11 is 1.67. The Hall–Kier alpha value is -1.57. The Morgan fingerprint density at radius 3 is 3.05 bits per heavy atom. The van der Waals surface area contributed by atoms with Gasteiger partial charge in [-0.05, 0) is 13.8 Å². The lowest BCUT2D eigenvalue weighted by atomic mass is 10.2. The molecule has 21 heavy (non-hydrogen) atoms. The summed E-state index contributed by atoms with van der Waals surface area (Å²) in [7, 11) is 0. The van der Waals surface area contributed by atoms with E-state index in [1.165, 1.54) is 6.07 Å². The summed E-state index contributed by atoms with van der Waals surface area (Å²) in [4.78, 5) is 25.4. The first kappa shape index (κ1) is 14.4. The van der Waals surface area contributed by atoms with Gasteiger partial charge in [0.1, 0.15) is 11.9 Å². The molecule has 2 aromatic rings. The van der Waals surface area contributed by atoms with E-state index in [9.17, 15) is 4.79 Å². The molecule has 2 aromatic heterocycles. The molecule has 3 rings (SSSR count). The first-order valence-electron chi connectivity index (χ1n) is 6.93. The molecule has 1 atom stereocenters. The van der Waals surface area contributed by atoms with Crippen LogP contribution in [0, 0.1) is 13.8 Å². The highest BCUT2D eigenvalue weighted by molar-refractivity contribution is 7.09. The number of aromatic nitrogens is 3. The number of nitrogens with zero attached hydrogens (tertiary/aromatic N) is 3. The van der Waals surface area contributed by atoms with Crippen LogP contribution in [0.1, 0.15) is 28.3 Å². The monoisotopic (exact) mass is 306 g/mol. The zero-order valence-corrected chi connectivity index (χ0v) is 12.9. The van der Waals surface area contributed by atoms with Crippen LogP contribution >= 0.6 is 11.3 Å². The first-order chi connectivity index (χ1) is 10.1. The molecule has 0 saturated carbocycles. The summed E-state index contributed by atoms with van der Waals surface area (Å²) in [6, 6.07) is 1.52. The van der Waals surface area contributed by atoms with Gasteiger partial charge >= 0.3 is 0 Å². The van der Waals surface area contributed by atoms with E-state index in [2.05, 4.69) is 25.2 Å². The summed E-state index contributed by atoms with van der Waals surface area (Å²) in [5, 5.41) is 3.18. The molecule has 0 amide bonds. The molecule has 0 aliphatic carbocycles. The van der Waals surface area contributed by atoms with Gasteiger partial charge in [-0.1, -0.05) is 0 Å². The van der Waals surface area contributed by atoms with Crippen molar-refractivity contribution in [3.8, 4) is 0 Å². The van der Waals surface area contributed by atoms with E-state index in [4.69, 9.17) is 4.74 Å². The quantitative estimate of drug-likeness (QED) is 0.928. The summed E-state index contributed by atoms with van der Waals surface area (Å²) in [6.07, 6.45) is -0.153. The minimum atomic E-state index is -0.153. The normalized spacial score (nSPS) is 19.8. The second-order valence-corrected chi connectivity index (χ2v) is 6.27. The highest BCUT2D eigenvalue weighted by Gasteiger charge is 2.24. The number of hydrogen-bond donors (Lipinski definition) is 1. The average molecular weight is 306 g/mol. The zero-order valence-electron chi connectivity index (χ0n) is 12.1. The van der Waals surface area contributed by atoms with Crippen molar-refractivity contribution in [1.29, 1.82) is 0 Å². The van der Waals surface area contributed by atoms with Crippen LogP contribution in [-0.2, 0) is 11.3 Å². The first-order valence-corrected chi connectivity index (χ1v) is 7.81. The number of aromatic amines is 1. The van der Waals surface area contributed by atoms with E-state index < -0.39 is 0 Å². The molecule has 0 unspecified atom stereocenters. The van der Waals surface area contributed by atoms with Gasteiger partial charge in [0.2, 0.25) is 0 Å². The predicted octanol–water partition coefficient (Wildman–Crippen LogP) is 1.42. The molecule has 1 aliphatic rings. The fraction of sp³-hybridized carbons (Fsp3) is 0.500. The number of thiazole rings is 1. The van der Waals surface area contributed by atoms with Gasteiger partial charge < -0.3 is 9.72 Å². The van der Waals surface area contributed by atoms with Gasteiger partial charge in [0.05, 0.1) is 23.0 Å². The van der Waals surface area contributed by atoms with Crippen LogP contribution in [0.4, 0.5) is 0 Å². The number of hydrogen-bond acceptors (Lipinski definition) is 6. The molecule has 1 N–H and O–H groups in total. The maximum Gasteiger partial charge on any atom is 0.251 e. The fourth-order valence-corrected chi connectivity index (χ4v) is 3.11. The lowest BCUT2D eigenvalue weighted by molar-refractivity contribution is -0.0354. The number of morpholine rings is 1. The molecule has 0 bridgehead atoms. The van der Waals surface area contributed by atoms with Crippen molar-refractivity contribution in [3.05, 3.63) is 44.0 Å². The molecule has 7 heteroatoms. The van der Waals surface area contributed by atoms with E-state index in [1.807, 2.05) is 6.92 Å². The lowest BCUT2D eigenvalue weighted by Gasteiger charge is -2.32. The number of H-pyrrole nitrogens is 1. The highest BCUT2D eigenvalue weighted by Crippen LogP contribution is 2.21. The van der Waals surface area contributed by atoms with Gasteiger partial charge in [-0.2, -0.15) is 0 Å². The number of ether oxygens (including phenoxy) is 1.